The van der Waals surface area contributed by atoms with Crippen molar-refractivity contribution >= 4 is 17.3 Å². The van der Waals surface area contributed by atoms with Crippen LogP contribution in [0.1, 0.15) is 0 Å². The highest BCUT2D eigenvalue weighted by Gasteiger charge is 2.06. The molecule has 0 unspecified atom stereocenters. The molecule has 94 valence electrons. The number of nitrogens with one attached hydrogen (secondary N) is 1. The van der Waals surface area contributed by atoms with Crippen molar-refractivity contribution < 1.29 is 9.53 Å². The normalized spacial score (nSPS) is 10.5. The molecular formula is C12H19N3O2. The van der Waals surface area contributed by atoms with Crippen LogP contribution in [-0.2, 0) is 9.53 Å². The Kier molecular flexibility index (Phi) is 5.45. The average Bonchev–Trinajstić information content (AvgIpc) is 2.26. The number of carbonyl (C=O) groups is 1. The van der Waals surface area contributed by atoms with E-state index < -0.39 is 0 Å². The lowest BCUT2D eigenvalue weighted by molar-refractivity contribution is -0.117. The van der Waals surface area contributed by atoms with E-state index in [0.29, 0.717) is 18.8 Å². The molecule has 0 fully saturated rings. The summed E-state index contributed by atoms with van der Waals surface area (Å²) >= 11 is 0. The molecule has 0 aromatic heterocycles. The highest BCUT2D eigenvalue weighted by Crippen LogP contribution is 2.11. The van der Waals surface area contributed by atoms with Crippen LogP contribution in [0.25, 0.3) is 0 Å². The Morgan fingerprint density at radius 1 is 1.53 bits per heavy atom. The van der Waals surface area contributed by atoms with E-state index in [2.05, 4.69) is 5.32 Å². The van der Waals surface area contributed by atoms with Gasteiger partial charge in [0.2, 0.25) is 5.91 Å². The van der Waals surface area contributed by atoms with Crippen LogP contribution in [-0.4, -0.2) is 44.7 Å². The van der Waals surface area contributed by atoms with Gasteiger partial charge in [0.15, 0.2) is 0 Å². The van der Waals surface area contributed by atoms with Crippen LogP contribution in [0.15, 0.2) is 24.3 Å². The molecule has 0 heterocycles. The molecule has 0 bridgehead atoms. The summed E-state index contributed by atoms with van der Waals surface area (Å²) in [6.45, 7) is 1.67. The second kappa shape index (κ2) is 6.88. The summed E-state index contributed by atoms with van der Waals surface area (Å²) in [5.74, 6) is -0.0609. The van der Waals surface area contributed by atoms with E-state index in [1.165, 1.54) is 0 Å². The third-order valence-electron chi connectivity index (χ3n) is 2.26. The number of nitrogens with two attached hydrogens (primary N) is 1. The number of rotatable bonds is 6. The maximum absolute atomic E-state index is 11.7. The zero-order valence-electron chi connectivity index (χ0n) is 10.3. The summed E-state index contributed by atoms with van der Waals surface area (Å²) in [5, 5.41) is 2.79. The van der Waals surface area contributed by atoms with E-state index in [9.17, 15) is 4.79 Å². The molecule has 1 amide bonds. The zero-order valence-corrected chi connectivity index (χ0v) is 10.3. The molecular weight excluding hydrogens is 218 g/mol. The number of carbonyl (C=O) groups excluding carboxylic acids is 1. The maximum atomic E-state index is 11.7. The van der Waals surface area contributed by atoms with E-state index in [0.717, 1.165) is 12.2 Å². The number of methoxy groups -OCH3 is 1. The van der Waals surface area contributed by atoms with E-state index in [1.807, 2.05) is 18.0 Å². The molecule has 0 aliphatic heterocycles. The second-order valence-corrected chi connectivity index (χ2v) is 3.90. The van der Waals surface area contributed by atoms with Crippen LogP contribution in [0.5, 0.6) is 0 Å². The Hall–Kier alpha value is -1.59. The number of benzene rings is 1. The van der Waals surface area contributed by atoms with Gasteiger partial charge in [-0.15, -0.1) is 0 Å². The Balaban J connectivity index is 2.39. The Bertz CT molecular complexity index is 369. The summed E-state index contributed by atoms with van der Waals surface area (Å²) < 4.78 is 4.94. The fourth-order valence-electron chi connectivity index (χ4n) is 1.39. The SMILES string of the molecule is COCCN(C)CC(=O)Nc1cccc(N)c1. The van der Waals surface area contributed by atoms with Crippen molar-refractivity contribution in [3.63, 3.8) is 0 Å². The number of hydrogen-bond donors (Lipinski definition) is 2. The molecule has 0 aliphatic rings. The fraction of sp³-hybridized carbons (Fsp3) is 0.417. The zero-order chi connectivity index (χ0) is 12.7. The molecule has 1 rings (SSSR count). The first-order chi connectivity index (χ1) is 8.11. The monoisotopic (exact) mass is 237 g/mol. The van der Waals surface area contributed by atoms with Gasteiger partial charge in [-0.2, -0.15) is 0 Å². The molecule has 1 aromatic rings. The number of likely N-dealkylation sites (N-methyl/N-ethyl adjacent to an activating group) is 1. The van der Waals surface area contributed by atoms with Crippen molar-refractivity contribution in [2.24, 2.45) is 0 Å². The summed E-state index contributed by atoms with van der Waals surface area (Å²) in [6, 6.07) is 7.12. The van der Waals surface area contributed by atoms with E-state index >= 15 is 0 Å². The number of anilines is 2. The number of ether oxygens (including phenoxy) is 1. The molecule has 0 aliphatic carbocycles. The van der Waals surface area contributed by atoms with Crippen molar-refractivity contribution in [1.82, 2.24) is 4.90 Å². The third kappa shape index (κ3) is 5.33. The molecule has 0 radical (unpaired) electrons. The number of amides is 1. The second-order valence-electron chi connectivity index (χ2n) is 3.90. The summed E-state index contributed by atoms with van der Waals surface area (Å²) in [5.41, 5.74) is 6.98. The molecule has 0 atom stereocenters. The predicted molar refractivity (Wildman–Crippen MR) is 68.9 cm³/mol. The van der Waals surface area contributed by atoms with Gasteiger partial charge < -0.3 is 15.8 Å². The summed E-state index contributed by atoms with van der Waals surface area (Å²) in [6.07, 6.45) is 0. The molecule has 1 aromatic carbocycles. The van der Waals surface area contributed by atoms with Crippen molar-refractivity contribution in [3.8, 4) is 0 Å². The highest BCUT2D eigenvalue weighted by atomic mass is 16.5. The largest absolute Gasteiger partial charge is 0.399 e. The molecule has 17 heavy (non-hydrogen) atoms. The van der Waals surface area contributed by atoms with Gasteiger partial charge in [-0.05, 0) is 25.2 Å². The van der Waals surface area contributed by atoms with Gasteiger partial charge in [0, 0.05) is 25.0 Å². The topological polar surface area (TPSA) is 67.6 Å². The van der Waals surface area contributed by atoms with Crippen molar-refractivity contribution in [2.75, 3.05) is 44.9 Å². The minimum atomic E-state index is -0.0609. The van der Waals surface area contributed by atoms with Gasteiger partial charge in [-0.3, -0.25) is 9.69 Å². The first-order valence-corrected chi connectivity index (χ1v) is 5.44. The first kappa shape index (κ1) is 13.5. The van der Waals surface area contributed by atoms with Crippen molar-refractivity contribution in [3.05, 3.63) is 24.3 Å². The summed E-state index contributed by atoms with van der Waals surface area (Å²) in [7, 11) is 3.51. The van der Waals surface area contributed by atoms with Crippen molar-refractivity contribution in [2.45, 2.75) is 0 Å². The fourth-order valence-corrected chi connectivity index (χ4v) is 1.39. The van der Waals surface area contributed by atoms with E-state index in [-0.39, 0.29) is 5.91 Å². The smallest absolute Gasteiger partial charge is 0.238 e. The minimum absolute atomic E-state index is 0.0609. The van der Waals surface area contributed by atoms with Crippen molar-refractivity contribution in [1.29, 1.82) is 0 Å². The van der Waals surface area contributed by atoms with Crippen LogP contribution in [0.3, 0.4) is 0 Å². The summed E-state index contributed by atoms with van der Waals surface area (Å²) in [4.78, 5) is 13.6. The molecule has 3 N–H and O–H groups in total. The van der Waals surface area contributed by atoms with Crippen LogP contribution < -0.4 is 11.1 Å². The molecule has 5 heteroatoms. The standard InChI is InChI=1S/C12H19N3O2/c1-15(6-7-17-2)9-12(16)14-11-5-3-4-10(13)8-11/h3-5,8H,6-7,9,13H2,1-2H3,(H,14,16). The van der Waals surface area contributed by atoms with Gasteiger partial charge in [-0.25, -0.2) is 0 Å². The molecule has 0 spiro atoms. The number of nitrogen functional groups attached to an aromatic ring is 1. The van der Waals surface area contributed by atoms with Crippen LogP contribution in [0.4, 0.5) is 11.4 Å². The Morgan fingerprint density at radius 3 is 2.94 bits per heavy atom. The predicted octanol–water partition coefficient (Wildman–Crippen LogP) is 0.785. The molecule has 5 nitrogen and oxygen atoms in total. The van der Waals surface area contributed by atoms with Gasteiger partial charge in [0.1, 0.15) is 0 Å². The Morgan fingerprint density at radius 2 is 2.29 bits per heavy atom. The molecule has 0 saturated heterocycles. The first-order valence-electron chi connectivity index (χ1n) is 5.44. The number of hydrogen-bond acceptors (Lipinski definition) is 4. The lowest BCUT2D eigenvalue weighted by Crippen LogP contribution is -2.32. The highest BCUT2D eigenvalue weighted by molar-refractivity contribution is 5.92. The van der Waals surface area contributed by atoms with Gasteiger partial charge >= 0.3 is 0 Å². The Labute approximate surface area is 102 Å². The maximum Gasteiger partial charge on any atom is 0.238 e. The van der Waals surface area contributed by atoms with Gasteiger partial charge in [0.05, 0.1) is 13.2 Å². The van der Waals surface area contributed by atoms with E-state index in [4.69, 9.17) is 10.5 Å². The lowest BCUT2D eigenvalue weighted by atomic mass is 10.3. The average molecular weight is 237 g/mol. The third-order valence-corrected chi connectivity index (χ3v) is 2.26. The lowest BCUT2D eigenvalue weighted by Gasteiger charge is -2.15. The number of nitrogens with zero attached hydrogens (tertiary/aromatic N) is 1. The van der Waals surface area contributed by atoms with Gasteiger partial charge in [-0.1, -0.05) is 6.07 Å². The van der Waals surface area contributed by atoms with E-state index in [1.54, 1.807) is 25.3 Å². The molecule has 0 saturated carbocycles. The van der Waals surface area contributed by atoms with Crippen LogP contribution >= 0.6 is 0 Å². The van der Waals surface area contributed by atoms with Crippen LogP contribution in [0, 0.1) is 0 Å². The minimum Gasteiger partial charge on any atom is -0.399 e. The van der Waals surface area contributed by atoms with Crippen LogP contribution in [0.2, 0.25) is 0 Å². The quantitative estimate of drug-likeness (QED) is 0.718. The van der Waals surface area contributed by atoms with Gasteiger partial charge in [0.25, 0.3) is 0 Å².